The van der Waals surface area contributed by atoms with Gasteiger partial charge in [0.2, 0.25) is 17.4 Å². The Morgan fingerprint density at radius 2 is 1.24 bits per heavy atom. The monoisotopic (exact) mass is 1020 g/mol. The number of anilines is 2. The summed E-state index contributed by atoms with van der Waals surface area (Å²) < 4.78 is 142. The standard InChI is InChI=1S/C46H39Cl2F4N3O11S2/c1-44(2)16-21(19-67(58,59)60)25-13-27-40(23-7-5-11-53(44)38(23)25)66-41-24-8-6-12-54-39(24)26(22(17-45(54,3)4)20-68(61,62)63)14-28(41)46(27)35-30(48)10-9-29(47)34(35)43(57)55(46)64-18-33(56)65-42-36(51)31(49)15-32(50)37(42)52/h9-10,13-17H,5-8,11-12,18-20H2,1-4H3,(H,58,59,60)(H,61,62,63). The molecule has 0 atom stereocenters. The normalized spacial score (nSPS) is 19.1. The highest BCUT2D eigenvalue weighted by atomic mass is 35.5. The summed E-state index contributed by atoms with van der Waals surface area (Å²) in [6.45, 7) is 7.21. The van der Waals surface area contributed by atoms with Gasteiger partial charge in [0.25, 0.3) is 26.1 Å². The number of halogens is 6. The molecule has 0 bridgehead atoms. The summed E-state index contributed by atoms with van der Waals surface area (Å²) in [5.41, 5.74) is -0.743. The zero-order valence-electron chi connectivity index (χ0n) is 36.4. The predicted octanol–water partition coefficient (Wildman–Crippen LogP) is 8.57. The molecular formula is C46H39Cl2F4N3O11S2. The van der Waals surface area contributed by atoms with Crippen molar-refractivity contribution < 1.29 is 67.4 Å². The molecule has 6 aliphatic heterocycles. The predicted molar refractivity (Wildman–Crippen MR) is 242 cm³/mol. The second kappa shape index (κ2) is 15.4. The second-order valence-corrected chi connectivity index (χ2v) is 22.3. The first-order chi connectivity index (χ1) is 31.7. The molecule has 0 saturated heterocycles. The van der Waals surface area contributed by atoms with Crippen molar-refractivity contribution in [2.75, 3.05) is 41.0 Å². The third-order valence-electron chi connectivity index (χ3n) is 13.4. The molecule has 0 aromatic heterocycles. The van der Waals surface area contributed by atoms with E-state index in [0.29, 0.717) is 72.4 Å². The Bertz CT molecular complexity index is 3150. The molecule has 0 fully saturated rings. The van der Waals surface area contributed by atoms with Crippen LogP contribution in [0, 0.1) is 23.3 Å². The van der Waals surface area contributed by atoms with Crippen molar-refractivity contribution in [2.45, 2.75) is 70.0 Å². The molecule has 2 N–H and O–H groups in total. The third kappa shape index (κ3) is 6.95. The number of hydrogen-bond acceptors (Lipinski definition) is 11. The van der Waals surface area contributed by atoms with Gasteiger partial charge in [-0.15, -0.1) is 0 Å². The summed E-state index contributed by atoms with van der Waals surface area (Å²) in [6, 6.07) is 5.78. The smallest absolute Gasteiger partial charge is 0.340 e. The number of rotatable bonds is 8. The molecule has 0 saturated carbocycles. The second-order valence-electron chi connectivity index (χ2n) is 18.6. The fraction of sp³-hybridized carbons (Fsp3) is 0.348. The van der Waals surface area contributed by atoms with Crippen LogP contribution in [0.3, 0.4) is 0 Å². The van der Waals surface area contributed by atoms with Crippen LogP contribution in [-0.4, -0.2) is 85.2 Å². The number of benzene rings is 4. The van der Waals surface area contributed by atoms with Crippen LogP contribution in [0.25, 0.3) is 11.1 Å². The van der Waals surface area contributed by atoms with E-state index in [0.717, 1.165) is 5.06 Å². The largest absolute Gasteiger partial charge is 0.456 e. The SMILES string of the molecule is CC1(C)C=C(CS(=O)(=O)O)c2cc3c(c4c2N1CCC4)Oc1c(cc2c4c1CCCN4C(C)(C)C=C2CS(=O)(=O)O)C31c2c(Cl)ccc(Cl)c2C(=O)N1OCC(=O)Oc1c(F)c(F)cc(F)c1F. The van der Waals surface area contributed by atoms with Gasteiger partial charge in [-0.05, 0) is 88.8 Å². The Morgan fingerprint density at radius 1 is 0.765 bits per heavy atom. The summed E-state index contributed by atoms with van der Waals surface area (Å²) in [5, 5.41) is 0.498. The number of nitrogens with zero attached hydrogens (tertiary/aromatic N) is 3. The van der Waals surface area contributed by atoms with E-state index in [9.17, 15) is 48.3 Å². The summed E-state index contributed by atoms with van der Waals surface area (Å²) >= 11 is 14.1. The van der Waals surface area contributed by atoms with Crippen LogP contribution in [0.4, 0.5) is 28.9 Å². The Balaban J connectivity index is 1.31. The molecule has 6 aliphatic rings. The van der Waals surface area contributed by atoms with Crippen molar-refractivity contribution >= 4 is 77.8 Å². The van der Waals surface area contributed by atoms with Crippen LogP contribution in [0.5, 0.6) is 17.2 Å². The molecule has 4 aromatic carbocycles. The maximum Gasteiger partial charge on any atom is 0.340 e. The van der Waals surface area contributed by atoms with E-state index in [1.54, 1.807) is 24.3 Å². The average molecular weight is 1020 g/mol. The van der Waals surface area contributed by atoms with Crippen LogP contribution in [0.1, 0.15) is 89.8 Å². The van der Waals surface area contributed by atoms with Gasteiger partial charge in [0.15, 0.2) is 23.8 Å². The number of carbonyl (C=O) groups is 2. The van der Waals surface area contributed by atoms with Crippen LogP contribution >= 0.6 is 23.2 Å². The van der Waals surface area contributed by atoms with Crippen LogP contribution in [0.15, 0.2) is 42.5 Å². The van der Waals surface area contributed by atoms with Crippen molar-refractivity contribution in [1.82, 2.24) is 5.06 Å². The minimum atomic E-state index is -4.70. The zero-order valence-corrected chi connectivity index (χ0v) is 39.5. The quantitative estimate of drug-likeness (QED) is 0.0564. The molecule has 6 heterocycles. The van der Waals surface area contributed by atoms with Gasteiger partial charge in [-0.2, -0.15) is 30.7 Å². The fourth-order valence-corrected chi connectivity index (χ4v) is 12.8. The van der Waals surface area contributed by atoms with Crippen molar-refractivity contribution in [3.63, 3.8) is 0 Å². The Labute approximate surface area is 397 Å². The van der Waals surface area contributed by atoms with E-state index in [1.807, 2.05) is 27.7 Å². The van der Waals surface area contributed by atoms with E-state index >= 15 is 4.79 Å². The topological polar surface area (TPSA) is 180 Å². The van der Waals surface area contributed by atoms with E-state index < -0.39 is 95.9 Å². The molecule has 22 heteroatoms. The number of carbonyl (C=O) groups excluding carboxylic acids is 2. The van der Waals surface area contributed by atoms with E-state index in [1.165, 1.54) is 12.1 Å². The van der Waals surface area contributed by atoms with Crippen LogP contribution in [-0.2, 0) is 48.2 Å². The minimum Gasteiger partial charge on any atom is -0.456 e. The van der Waals surface area contributed by atoms with Crippen LogP contribution < -0.4 is 19.3 Å². The molecule has 1 amide bonds. The van der Waals surface area contributed by atoms with Gasteiger partial charge in [-0.1, -0.05) is 35.4 Å². The van der Waals surface area contributed by atoms with Gasteiger partial charge in [-0.25, -0.2) is 13.6 Å². The number of amides is 1. The lowest BCUT2D eigenvalue weighted by Gasteiger charge is -2.51. The summed E-state index contributed by atoms with van der Waals surface area (Å²) in [4.78, 5) is 39.2. The highest BCUT2D eigenvalue weighted by molar-refractivity contribution is 7.86. The summed E-state index contributed by atoms with van der Waals surface area (Å²) in [5.74, 6) is -13.5. The zero-order chi connectivity index (χ0) is 48.9. The third-order valence-corrected chi connectivity index (χ3v) is 15.4. The molecular weight excluding hydrogens is 982 g/mol. The molecule has 14 nitrogen and oxygen atoms in total. The van der Waals surface area contributed by atoms with E-state index in [4.69, 9.17) is 37.5 Å². The van der Waals surface area contributed by atoms with Crippen molar-refractivity contribution in [2.24, 2.45) is 0 Å². The highest BCUT2D eigenvalue weighted by Crippen LogP contribution is 2.65. The molecule has 10 rings (SSSR count). The van der Waals surface area contributed by atoms with Gasteiger partial charge < -0.3 is 19.3 Å². The summed E-state index contributed by atoms with van der Waals surface area (Å²) in [6.07, 6.45) is 5.19. The molecule has 4 aromatic rings. The first-order valence-corrected chi connectivity index (χ1v) is 25.2. The Hall–Kier alpha value is -5.22. The molecule has 0 unspecified atom stereocenters. The molecule has 358 valence electrons. The summed E-state index contributed by atoms with van der Waals surface area (Å²) in [7, 11) is -9.39. The van der Waals surface area contributed by atoms with Crippen LogP contribution in [0.2, 0.25) is 10.0 Å². The van der Waals surface area contributed by atoms with Gasteiger partial charge >= 0.3 is 5.97 Å². The molecule has 68 heavy (non-hydrogen) atoms. The number of fused-ring (bicyclic) bond motifs is 8. The van der Waals surface area contributed by atoms with Gasteiger partial charge in [-0.3, -0.25) is 18.7 Å². The number of esters is 1. The van der Waals surface area contributed by atoms with Crippen molar-refractivity contribution in [3.8, 4) is 17.2 Å². The minimum absolute atomic E-state index is 0.0346. The lowest BCUT2D eigenvalue weighted by molar-refractivity contribution is -0.179. The lowest BCUT2D eigenvalue weighted by Crippen LogP contribution is -2.51. The van der Waals surface area contributed by atoms with Gasteiger partial charge in [0.1, 0.15) is 23.0 Å². The highest BCUT2D eigenvalue weighted by Gasteiger charge is 2.62. The molecule has 0 radical (unpaired) electrons. The molecule has 1 spiro atoms. The van der Waals surface area contributed by atoms with Gasteiger partial charge in [0, 0.05) is 63.1 Å². The number of ether oxygens (including phenoxy) is 2. The number of hydroxylamine groups is 2. The van der Waals surface area contributed by atoms with Crippen molar-refractivity contribution in [3.05, 3.63) is 120 Å². The van der Waals surface area contributed by atoms with Gasteiger partial charge in [0.05, 0.1) is 33.0 Å². The first kappa shape index (κ1) is 46.5. The average Bonchev–Trinajstić information content (AvgIpc) is 3.50. The maximum atomic E-state index is 15.3. The Kier molecular flexibility index (Phi) is 10.5. The Morgan fingerprint density at radius 3 is 1.71 bits per heavy atom. The van der Waals surface area contributed by atoms with E-state index in [2.05, 4.69) is 9.80 Å². The van der Waals surface area contributed by atoms with Crippen molar-refractivity contribution in [1.29, 1.82) is 0 Å². The maximum absolute atomic E-state index is 15.3. The fourth-order valence-electron chi connectivity index (χ4n) is 11.0. The number of hydrogen-bond donors (Lipinski definition) is 2. The van der Waals surface area contributed by atoms with E-state index in [-0.39, 0.29) is 61.0 Å². The lowest BCUT2D eigenvalue weighted by atomic mass is 9.70. The first-order valence-electron chi connectivity index (χ1n) is 21.2. The molecule has 0 aliphatic carbocycles.